The summed E-state index contributed by atoms with van der Waals surface area (Å²) in [4.78, 5) is 17.5. The number of anilines is 1. The summed E-state index contributed by atoms with van der Waals surface area (Å²) in [5.41, 5.74) is 1.45. The number of carbonyl (C=O) groups is 1. The van der Waals surface area contributed by atoms with E-state index < -0.39 is 0 Å². The van der Waals surface area contributed by atoms with Crippen LogP contribution in [0.4, 0.5) is 5.69 Å². The Labute approximate surface area is 156 Å². The molecule has 0 radical (unpaired) electrons. The number of piperazine rings is 1. The largest absolute Gasteiger partial charge is 0.369 e. The molecule has 4 bridgehead atoms. The van der Waals surface area contributed by atoms with E-state index in [9.17, 15) is 4.79 Å². The maximum atomic E-state index is 12.8. The van der Waals surface area contributed by atoms with Crippen LogP contribution in [0.1, 0.15) is 38.5 Å². The molecule has 0 unspecified atom stereocenters. The highest BCUT2D eigenvalue weighted by atomic mass is 16.2. The molecule has 1 amide bonds. The third kappa shape index (κ3) is 3.24. The summed E-state index contributed by atoms with van der Waals surface area (Å²) in [5, 5.41) is 3.52. The number of amides is 1. The number of carbonyl (C=O) groups excluding carboxylic acids is 1. The lowest BCUT2D eigenvalue weighted by Crippen LogP contribution is -2.61. The summed E-state index contributed by atoms with van der Waals surface area (Å²) in [6.07, 6.45) is 8.01. The van der Waals surface area contributed by atoms with E-state index in [-0.39, 0.29) is 11.4 Å². The van der Waals surface area contributed by atoms with Gasteiger partial charge in [0.25, 0.3) is 0 Å². The molecule has 6 rings (SSSR count). The van der Waals surface area contributed by atoms with Crippen molar-refractivity contribution in [2.75, 3.05) is 37.6 Å². The van der Waals surface area contributed by atoms with E-state index >= 15 is 0 Å². The van der Waals surface area contributed by atoms with E-state index in [2.05, 4.69) is 45.4 Å². The van der Waals surface area contributed by atoms with Gasteiger partial charge in [-0.1, -0.05) is 18.2 Å². The zero-order valence-electron chi connectivity index (χ0n) is 15.7. The van der Waals surface area contributed by atoms with Crippen LogP contribution in [0.25, 0.3) is 0 Å². The fraction of sp³-hybridized carbons (Fsp3) is 0.682. The second-order valence-electron chi connectivity index (χ2n) is 9.34. The molecule has 4 saturated carbocycles. The standard InChI is InChI=1S/C22H31N3O/c26-21(23-22-13-17-10-18(14-22)12-19(11-17)15-22)16-24-6-8-25(9-7-24)20-4-2-1-3-5-20/h1-5,17-19H,6-16H2,(H,23,26). The van der Waals surface area contributed by atoms with Crippen LogP contribution in [0.3, 0.4) is 0 Å². The summed E-state index contributed by atoms with van der Waals surface area (Å²) in [6, 6.07) is 10.6. The van der Waals surface area contributed by atoms with Crippen molar-refractivity contribution in [3.63, 3.8) is 0 Å². The molecule has 4 heteroatoms. The van der Waals surface area contributed by atoms with Crippen molar-refractivity contribution in [2.24, 2.45) is 17.8 Å². The van der Waals surface area contributed by atoms with Gasteiger partial charge in [-0.3, -0.25) is 9.69 Å². The van der Waals surface area contributed by atoms with Crippen LogP contribution in [-0.4, -0.2) is 49.1 Å². The summed E-state index contributed by atoms with van der Waals surface area (Å²) >= 11 is 0. The average molecular weight is 354 g/mol. The first kappa shape index (κ1) is 16.6. The van der Waals surface area contributed by atoms with Gasteiger partial charge in [0, 0.05) is 37.4 Å². The zero-order chi connectivity index (χ0) is 17.6. The van der Waals surface area contributed by atoms with E-state index in [1.165, 1.54) is 44.2 Å². The first-order valence-corrected chi connectivity index (χ1v) is 10.5. The van der Waals surface area contributed by atoms with Gasteiger partial charge in [0.05, 0.1) is 6.54 Å². The smallest absolute Gasteiger partial charge is 0.234 e. The van der Waals surface area contributed by atoms with Crippen molar-refractivity contribution in [3.8, 4) is 0 Å². The van der Waals surface area contributed by atoms with Gasteiger partial charge in [0.2, 0.25) is 5.91 Å². The lowest BCUT2D eigenvalue weighted by Gasteiger charge is -2.57. The quantitative estimate of drug-likeness (QED) is 0.904. The number of nitrogens with one attached hydrogen (secondary N) is 1. The molecule has 5 fully saturated rings. The molecule has 0 spiro atoms. The van der Waals surface area contributed by atoms with E-state index in [4.69, 9.17) is 0 Å². The molecule has 140 valence electrons. The fourth-order valence-electron chi connectivity index (χ4n) is 6.61. The molecular formula is C22H31N3O. The van der Waals surface area contributed by atoms with Crippen LogP contribution in [0.5, 0.6) is 0 Å². The van der Waals surface area contributed by atoms with Crippen molar-refractivity contribution in [3.05, 3.63) is 30.3 Å². The number of benzene rings is 1. The van der Waals surface area contributed by atoms with E-state index in [0.29, 0.717) is 6.54 Å². The first-order chi connectivity index (χ1) is 12.7. The van der Waals surface area contributed by atoms with Crippen LogP contribution >= 0.6 is 0 Å². The Morgan fingerprint density at radius 1 is 0.923 bits per heavy atom. The SMILES string of the molecule is O=C(CN1CCN(c2ccccc2)CC1)NC12CC3CC(CC(C3)C1)C2. The Balaban J connectivity index is 1.14. The number of hydrogen-bond acceptors (Lipinski definition) is 3. The minimum Gasteiger partial charge on any atom is -0.369 e. The molecule has 1 saturated heterocycles. The molecule has 26 heavy (non-hydrogen) atoms. The van der Waals surface area contributed by atoms with Crippen molar-refractivity contribution in [1.29, 1.82) is 0 Å². The summed E-state index contributed by atoms with van der Waals surface area (Å²) < 4.78 is 0. The molecule has 4 aliphatic carbocycles. The van der Waals surface area contributed by atoms with Gasteiger partial charge >= 0.3 is 0 Å². The Kier molecular flexibility index (Phi) is 4.19. The van der Waals surface area contributed by atoms with Crippen molar-refractivity contribution < 1.29 is 4.79 Å². The predicted molar refractivity (Wildman–Crippen MR) is 104 cm³/mol. The molecule has 1 aliphatic heterocycles. The van der Waals surface area contributed by atoms with Crippen molar-refractivity contribution in [1.82, 2.24) is 10.2 Å². The first-order valence-electron chi connectivity index (χ1n) is 10.5. The van der Waals surface area contributed by atoms with Crippen LogP contribution in [0.2, 0.25) is 0 Å². The Morgan fingerprint density at radius 3 is 2.08 bits per heavy atom. The van der Waals surface area contributed by atoms with Gasteiger partial charge in [-0.15, -0.1) is 0 Å². The minimum absolute atomic E-state index is 0.150. The Bertz CT molecular complexity index is 615. The lowest BCUT2D eigenvalue weighted by atomic mass is 9.53. The second kappa shape index (κ2) is 6.56. The predicted octanol–water partition coefficient (Wildman–Crippen LogP) is 2.89. The third-order valence-electron chi connectivity index (χ3n) is 7.30. The fourth-order valence-corrected chi connectivity index (χ4v) is 6.61. The van der Waals surface area contributed by atoms with Gasteiger partial charge in [0.1, 0.15) is 0 Å². The summed E-state index contributed by atoms with van der Waals surface area (Å²) in [5.74, 6) is 2.92. The van der Waals surface area contributed by atoms with Gasteiger partial charge in [0.15, 0.2) is 0 Å². The molecule has 1 aromatic rings. The normalized spacial score (nSPS) is 36.3. The number of para-hydroxylation sites is 1. The number of hydrogen-bond donors (Lipinski definition) is 1. The van der Waals surface area contributed by atoms with Crippen LogP contribution in [0.15, 0.2) is 30.3 Å². The van der Waals surface area contributed by atoms with E-state index in [1.807, 2.05) is 0 Å². The van der Waals surface area contributed by atoms with E-state index in [1.54, 1.807) is 0 Å². The molecule has 1 aromatic carbocycles. The van der Waals surface area contributed by atoms with Crippen molar-refractivity contribution >= 4 is 11.6 Å². The Hall–Kier alpha value is -1.55. The molecule has 1 heterocycles. The molecule has 4 nitrogen and oxygen atoms in total. The summed E-state index contributed by atoms with van der Waals surface area (Å²) in [7, 11) is 0. The lowest BCUT2D eigenvalue weighted by molar-refractivity contribution is -0.128. The molecular weight excluding hydrogens is 322 g/mol. The zero-order valence-corrected chi connectivity index (χ0v) is 15.7. The topological polar surface area (TPSA) is 35.6 Å². The van der Waals surface area contributed by atoms with Crippen LogP contribution < -0.4 is 10.2 Å². The maximum Gasteiger partial charge on any atom is 0.234 e. The van der Waals surface area contributed by atoms with Crippen LogP contribution in [0, 0.1) is 17.8 Å². The second-order valence-corrected chi connectivity index (χ2v) is 9.34. The van der Waals surface area contributed by atoms with Gasteiger partial charge < -0.3 is 10.2 Å². The molecule has 0 atom stereocenters. The highest BCUT2D eigenvalue weighted by molar-refractivity contribution is 5.79. The minimum atomic E-state index is 0.150. The van der Waals surface area contributed by atoms with Gasteiger partial charge in [-0.05, 0) is 68.4 Å². The highest BCUT2D eigenvalue weighted by Gasteiger charge is 2.51. The molecule has 0 aromatic heterocycles. The third-order valence-corrected chi connectivity index (χ3v) is 7.30. The molecule has 1 N–H and O–H groups in total. The monoisotopic (exact) mass is 353 g/mol. The van der Waals surface area contributed by atoms with E-state index in [0.717, 1.165) is 43.9 Å². The number of rotatable bonds is 4. The Morgan fingerprint density at radius 2 is 1.50 bits per heavy atom. The molecule has 5 aliphatic rings. The average Bonchev–Trinajstić information content (AvgIpc) is 2.61. The van der Waals surface area contributed by atoms with Crippen LogP contribution in [-0.2, 0) is 4.79 Å². The highest BCUT2D eigenvalue weighted by Crippen LogP contribution is 2.55. The van der Waals surface area contributed by atoms with Gasteiger partial charge in [-0.25, -0.2) is 0 Å². The summed E-state index contributed by atoms with van der Waals surface area (Å²) in [6.45, 7) is 4.54. The van der Waals surface area contributed by atoms with Gasteiger partial charge in [-0.2, -0.15) is 0 Å². The maximum absolute atomic E-state index is 12.8. The van der Waals surface area contributed by atoms with Crippen molar-refractivity contribution in [2.45, 2.75) is 44.1 Å². The number of nitrogens with zero attached hydrogens (tertiary/aromatic N) is 2.